The van der Waals surface area contributed by atoms with Crippen LogP contribution in [-0.2, 0) is 19.6 Å². The number of terminal acetylenes is 1. The van der Waals surface area contributed by atoms with Crippen LogP contribution in [0.2, 0.25) is 0 Å². The summed E-state index contributed by atoms with van der Waals surface area (Å²) in [6, 6.07) is 9.97. The summed E-state index contributed by atoms with van der Waals surface area (Å²) in [5, 5.41) is 0. The lowest BCUT2D eigenvalue weighted by Gasteiger charge is -2.44. The zero-order valence-corrected chi connectivity index (χ0v) is 15.6. The van der Waals surface area contributed by atoms with Gasteiger partial charge >= 0.3 is 5.97 Å². The van der Waals surface area contributed by atoms with Crippen LogP contribution in [0, 0.1) is 12.3 Å². The highest BCUT2D eigenvalue weighted by Gasteiger charge is 2.54. The molecule has 24 heavy (non-hydrogen) atoms. The van der Waals surface area contributed by atoms with Crippen LogP contribution in [-0.4, -0.2) is 27.3 Å². The van der Waals surface area contributed by atoms with E-state index in [2.05, 4.69) is 12.8 Å². The van der Waals surface area contributed by atoms with Crippen molar-refractivity contribution in [2.45, 2.75) is 63.3 Å². The lowest BCUT2D eigenvalue weighted by atomic mass is 9.74. The molecule has 0 aliphatic rings. The summed E-state index contributed by atoms with van der Waals surface area (Å²) in [4.78, 5) is 0. The fourth-order valence-corrected chi connectivity index (χ4v) is 3.38. The fourth-order valence-electron chi connectivity index (χ4n) is 3.38. The molecule has 0 N–H and O–H groups in total. The fraction of sp³-hybridized carbons (Fsp3) is 0.619. The van der Waals surface area contributed by atoms with Crippen molar-refractivity contribution in [3.05, 3.63) is 35.9 Å². The van der Waals surface area contributed by atoms with Gasteiger partial charge in [-0.15, -0.1) is 6.42 Å². The van der Waals surface area contributed by atoms with E-state index >= 15 is 0 Å². The Kier molecular flexibility index (Phi) is 9.07. The second-order valence-electron chi connectivity index (χ2n) is 6.10. The van der Waals surface area contributed by atoms with Crippen LogP contribution in [0.15, 0.2) is 30.3 Å². The Labute approximate surface area is 147 Å². The Balaban J connectivity index is 3.05. The first-order valence-electron chi connectivity index (χ1n) is 8.85. The quantitative estimate of drug-likeness (QED) is 0.309. The third kappa shape index (κ3) is 4.39. The molecule has 0 aliphatic heterocycles. The van der Waals surface area contributed by atoms with Crippen molar-refractivity contribution in [3.8, 4) is 12.3 Å². The van der Waals surface area contributed by atoms with E-state index in [9.17, 15) is 0 Å². The van der Waals surface area contributed by atoms with Crippen LogP contribution in [0.1, 0.15) is 57.4 Å². The Morgan fingerprint density at radius 1 is 0.875 bits per heavy atom. The van der Waals surface area contributed by atoms with E-state index in [1.807, 2.05) is 30.3 Å². The smallest absolute Gasteiger partial charge is 0.304 e. The molecule has 1 rings (SSSR count). The van der Waals surface area contributed by atoms with Gasteiger partial charge in [0.25, 0.3) is 0 Å². The van der Waals surface area contributed by atoms with Crippen LogP contribution in [0.25, 0.3) is 0 Å². The molecule has 0 saturated carbocycles. The van der Waals surface area contributed by atoms with Gasteiger partial charge in [-0.25, -0.2) is 0 Å². The number of ether oxygens (including phenoxy) is 3. The first kappa shape index (κ1) is 20.7. The summed E-state index contributed by atoms with van der Waals surface area (Å²) in [5.41, 5.74) is 0.184. The lowest BCUT2D eigenvalue weighted by molar-refractivity contribution is -0.379. The van der Waals surface area contributed by atoms with Crippen molar-refractivity contribution in [1.82, 2.24) is 0 Å². The van der Waals surface area contributed by atoms with E-state index in [-0.39, 0.29) is 0 Å². The van der Waals surface area contributed by atoms with Crippen LogP contribution >= 0.6 is 0 Å². The minimum atomic E-state index is -1.30. The summed E-state index contributed by atoms with van der Waals surface area (Å²) in [7, 11) is 4.72. The van der Waals surface area contributed by atoms with Crippen molar-refractivity contribution in [2.75, 3.05) is 21.3 Å². The molecule has 0 spiro atoms. The third-order valence-electron chi connectivity index (χ3n) is 4.75. The van der Waals surface area contributed by atoms with Gasteiger partial charge in [-0.05, 0) is 12.0 Å². The Hall–Kier alpha value is -1.34. The molecule has 3 nitrogen and oxygen atoms in total. The van der Waals surface area contributed by atoms with E-state index < -0.39 is 11.4 Å². The highest BCUT2D eigenvalue weighted by atomic mass is 16.9. The van der Waals surface area contributed by atoms with Gasteiger partial charge < -0.3 is 14.2 Å². The number of benzene rings is 1. The summed E-state index contributed by atoms with van der Waals surface area (Å²) >= 11 is 0. The molecule has 3 heteroatoms. The average molecular weight is 332 g/mol. The predicted molar refractivity (Wildman–Crippen MR) is 98.7 cm³/mol. The zero-order chi connectivity index (χ0) is 17.9. The van der Waals surface area contributed by atoms with E-state index in [0.29, 0.717) is 0 Å². The highest BCUT2D eigenvalue weighted by molar-refractivity contribution is 5.37. The van der Waals surface area contributed by atoms with Crippen molar-refractivity contribution >= 4 is 0 Å². The average Bonchev–Trinajstić information content (AvgIpc) is 2.65. The molecule has 0 heterocycles. The lowest BCUT2D eigenvalue weighted by Crippen LogP contribution is -2.55. The Morgan fingerprint density at radius 3 is 1.92 bits per heavy atom. The van der Waals surface area contributed by atoms with E-state index in [4.69, 9.17) is 20.6 Å². The number of rotatable bonds is 12. The summed E-state index contributed by atoms with van der Waals surface area (Å²) in [6.45, 7) is 2.23. The molecule has 0 amide bonds. The number of hydrogen-bond acceptors (Lipinski definition) is 3. The van der Waals surface area contributed by atoms with Crippen molar-refractivity contribution in [1.29, 1.82) is 0 Å². The minimum absolute atomic E-state index is 0.745. The summed E-state index contributed by atoms with van der Waals surface area (Å²) in [5.74, 6) is 1.65. The summed E-state index contributed by atoms with van der Waals surface area (Å²) in [6.07, 6.45) is 13.9. The maximum Gasteiger partial charge on any atom is 0.304 e. The Bertz CT molecular complexity index is 479. The van der Waals surface area contributed by atoms with Gasteiger partial charge in [0.05, 0.1) is 0 Å². The SMILES string of the molecule is C#CC(CCCCCCCC)(c1ccccc1)C(OC)(OC)OC. The standard InChI is InChI=1S/C21H32O3/c1-6-8-9-10-11-15-18-20(7-2,19-16-13-12-14-17-19)21(22-3,23-4)24-5/h2,12-14,16-17H,6,8-11,15,18H2,1,3-5H3. The molecule has 1 unspecified atom stereocenters. The maximum atomic E-state index is 6.03. The predicted octanol–water partition coefficient (Wildman–Crippen LogP) is 4.90. The molecule has 0 bridgehead atoms. The van der Waals surface area contributed by atoms with Gasteiger partial charge in [0.2, 0.25) is 0 Å². The molecule has 0 saturated heterocycles. The number of unbranched alkanes of at least 4 members (excludes halogenated alkanes) is 5. The molecule has 1 aromatic rings. The van der Waals surface area contributed by atoms with Gasteiger partial charge in [0.1, 0.15) is 5.41 Å². The number of hydrogen-bond donors (Lipinski definition) is 0. The topological polar surface area (TPSA) is 27.7 Å². The molecule has 1 aromatic carbocycles. The minimum Gasteiger partial charge on any atom is -0.329 e. The van der Waals surface area contributed by atoms with Crippen LogP contribution in [0.5, 0.6) is 0 Å². The number of methoxy groups -OCH3 is 3. The van der Waals surface area contributed by atoms with Crippen LogP contribution in [0.4, 0.5) is 0 Å². The van der Waals surface area contributed by atoms with Gasteiger partial charge in [0, 0.05) is 21.3 Å². The molecule has 0 aliphatic carbocycles. The second-order valence-corrected chi connectivity index (χ2v) is 6.10. The van der Waals surface area contributed by atoms with E-state index in [1.54, 1.807) is 21.3 Å². The van der Waals surface area contributed by atoms with E-state index in [0.717, 1.165) is 24.8 Å². The summed E-state index contributed by atoms with van der Waals surface area (Å²) < 4.78 is 17.0. The molecule has 0 aromatic heterocycles. The molecule has 1 atom stereocenters. The van der Waals surface area contributed by atoms with Gasteiger partial charge in [-0.1, -0.05) is 81.7 Å². The highest BCUT2D eigenvalue weighted by Crippen LogP contribution is 2.43. The van der Waals surface area contributed by atoms with Gasteiger partial charge in [-0.2, -0.15) is 0 Å². The second kappa shape index (κ2) is 10.5. The molecular weight excluding hydrogens is 300 g/mol. The third-order valence-corrected chi connectivity index (χ3v) is 4.75. The van der Waals surface area contributed by atoms with Crippen molar-refractivity contribution in [2.24, 2.45) is 0 Å². The monoisotopic (exact) mass is 332 g/mol. The van der Waals surface area contributed by atoms with E-state index in [1.165, 1.54) is 25.7 Å². The van der Waals surface area contributed by atoms with Crippen LogP contribution in [0.3, 0.4) is 0 Å². The van der Waals surface area contributed by atoms with Gasteiger partial charge in [-0.3, -0.25) is 0 Å². The van der Waals surface area contributed by atoms with Crippen molar-refractivity contribution < 1.29 is 14.2 Å². The Morgan fingerprint density at radius 2 is 1.42 bits per heavy atom. The van der Waals surface area contributed by atoms with Crippen LogP contribution < -0.4 is 0 Å². The van der Waals surface area contributed by atoms with Gasteiger partial charge in [0.15, 0.2) is 0 Å². The normalized spacial score (nSPS) is 14.1. The maximum absolute atomic E-state index is 6.03. The molecule has 134 valence electrons. The first-order chi connectivity index (χ1) is 11.7. The molecular formula is C21H32O3. The molecule has 0 radical (unpaired) electrons. The largest absolute Gasteiger partial charge is 0.329 e. The van der Waals surface area contributed by atoms with Crippen molar-refractivity contribution in [3.63, 3.8) is 0 Å². The molecule has 0 fully saturated rings. The first-order valence-corrected chi connectivity index (χ1v) is 8.85. The zero-order valence-electron chi connectivity index (χ0n) is 15.6.